The number of aliphatic hydroxyl groups excluding tert-OH is 5. The van der Waals surface area contributed by atoms with Gasteiger partial charge in [-0.3, -0.25) is 14.4 Å². The summed E-state index contributed by atoms with van der Waals surface area (Å²) in [5, 5.41) is 82.6. The fourth-order valence-corrected chi connectivity index (χ4v) is 11.0. The summed E-state index contributed by atoms with van der Waals surface area (Å²) < 4.78 is 61.5. The van der Waals surface area contributed by atoms with Crippen LogP contribution < -0.4 is 10.9 Å². The topological polar surface area (TPSA) is 302 Å². The van der Waals surface area contributed by atoms with Gasteiger partial charge in [0.25, 0.3) is 5.56 Å². The maximum atomic E-state index is 14.1. The van der Waals surface area contributed by atoms with E-state index in [1.165, 1.54) is 65.3 Å². The van der Waals surface area contributed by atoms with Gasteiger partial charge < -0.3 is 93.0 Å². The SMILES string of the molecule is C/C=C/C=C/[C@@H]1O[C@](O)([C@H](CC)C(=O)NC/C=C/C=C(\C)[C@@H](OC)[C@@H](C)[C@@H]2O[C@H](/C=C/C=C/C=C(\C)C(=O)c3c(O)ccn(C)c3=O)[C@H](O)[C@@H]2O)[C@H](O)[C@H](O[C@@H]2O[C@H](C)[C@@H](O[C@@H]3O[C@@H](C)[C@H](OC)[C@@H](O)[C@H]3OC)[C@@H](OC)[C@H]2O)C1(C)C. The van der Waals surface area contributed by atoms with Gasteiger partial charge in [0.1, 0.15) is 72.4 Å². The van der Waals surface area contributed by atoms with Gasteiger partial charge in [-0.05, 0) is 58.3 Å². The minimum atomic E-state index is -2.53. The Morgan fingerprint density at radius 3 is 2.07 bits per heavy atom. The molecule has 0 aliphatic carbocycles. The lowest BCUT2D eigenvalue weighted by Gasteiger charge is -2.55. The number of allylic oxidation sites excluding steroid dienone is 10. The summed E-state index contributed by atoms with van der Waals surface area (Å²) in [5.74, 6) is -6.00. The second-order valence-corrected chi connectivity index (χ2v) is 21.7. The Labute approximate surface area is 474 Å². The average molecular weight is 1150 g/mol. The molecule has 0 radical (unpaired) electrons. The zero-order valence-corrected chi connectivity index (χ0v) is 48.9. The van der Waals surface area contributed by atoms with Crippen molar-refractivity contribution in [1.29, 1.82) is 0 Å². The number of aromatic nitrogens is 1. The van der Waals surface area contributed by atoms with E-state index in [1.54, 1.807) is 101 Å². The van der Waals surface area contributed by atoms with E-state index in [0.29, 0.717) is 0 Å². The molecular weight excluding hydrogens is 1060 g/mol. The number of aliphatic hydroxyl groups is 6. The van der Waals surface area contributed by atoms with E-state index in [4.69, 9.17) is 47.4 Å². The van der Waals surface area contributed by atoms with Crippen LogP contribution in [0.5, 0.6) is 5.75 Å². The number of aryl methyl sites for hydroxylation is 1. The van der Waals surface area contributed by atoms with E-state index in [-0.39, 0.29) is 24.1 Å². The van der Waals surface area contributed by atoms with Crippen molar-refractivity contribution in [1.82, 2.24) is 9.88 Å². The third-order valence-corrected chi connectivity index (χ3v) is 15.8. The quantitative estimate of drug-likeness (QED) is 0.0419. The van der Waals surface area contributed by atoms with E-state index < -0.39 is 156 Å². The molecule has 1 amide bonds. The standard InChI is InChI=1S/C59H88N2O20/c1-15-17-19-27-39-58(8,9)53(80-56-45(67)50(74-13)49(35(7)76-56)79-57-51(75-14)44(66)48(73-12)34(6)77-57)52(68)59(71,81-39)36(16-2)54(69)60-29-23-22-25-32(4)46(72-11)33(5)47-43(65)42(64)38(78-47)26-21-18-20-24-31(3)41(63)40-37(62)28-30-61(10)55(40)70/h15,17-28,30,33-36,38-39,42-53,56-57,62,64-68,71H,16,29H2,1-14H3,(H,60,69)/b17-15+,20-18+,23-22+,26-21+,27-19+,31-24+,32-25+/t33-,34+,35-,36-,38-,39+,42+,43+,44-,45-,46-,47+,48+,49-,50+,51-,52-,53+,56+,57+,59-/m1/s1. The summed E-state index contributed by atoms with van der Waals surface area (Å²) in [6.45, 7) is 15.6. The molecule has 0 spiro atoms. The van der Waals surface area contributed by atoms with Gasteiger partial charge in [-0.2, -0.15) is 0 Å². The third-order valence-electron chi connectivity index (χ3n) is 15.8. The molecule has 4 aliphatic heterocycles. The first-order chi connectivity index (χ1) is 38.3. The fraction of sp³-hybridized carbons (Fsp3) is 0.644. The minimum Gasteiger partial charge on any atom is -0.507 e. The van der Waals surface area contributed by atoms with Gasteiger partial charge in [-0.25, -0.2) is 0 Å². The second-order valence-electron chi connectivity index (χ2n) is 21.7. The highest BCUT2D eigenvalue weighted by molar-refractivity contribution is 6.09. The van der Waals surface area contributed by atoms with Crippen molar-refractivity contribution in [3.8, 4) is 5.75 Å². The predicted molar refractivity (Wildman–Crippen MR) is 296 cm³/mol. The Balaban J connectivity index is 1.24. The van der Waals surface area contributed by atoms with Crippen LogP contribution in [0, 0.1) is 17.3 Å². The number of Topliss-reactive ketones (excluding diaryl/α,β-unsaturated/α-hetero) is 1. The normalized spacial score (nSPS) is 36.3. The molecule has 22 nitrogen and oxygen atoms in total. The molecule has 0 bridgehead atoms. The van der Waals surface area contributed by atoms with Crippen molar-refractivity contribution in [2.75, 3.05) is 35.0 Å². The van der Waals surface area contributed by atoms with Crippen LogP contribution in [0.15, 0.2) is 101 Å². The fourth-order valence-electron chi connectivity index (χ4n) is 11.0. The van der Waals surface area contributed by atoms with Crippen molar-refractivity contribution < 1.29 is 92.7 Å². The van der Waals surface area contributed by atoms with E-state index in [9.17, 15) is 50.1 Å². The number of aromatic hydroxyl groups is 1. The lowest BCUT2D eigenvalue weighted by molar-refractivity contribution is -0.399. The lowest BCUT2D eigenvalue weighted by atomic mass is 9.70. The zero-order chi connectivity index (χ0) is 60.3. The molecule has 5 rings (SSSR count). The molecule has 0 unspecified atom stereocenters. The molecule has 1 aromatic heterocycles. The van der Waals surface area contributed by atoms with Crippen molar-refractivity contribution in [2.45, 2.75) is 185 Å². The molecule has 5 heterocycles. The van der Waals surface area contributed by atoms with Crippen LogP contribution >= 0.6 is 0 Å². The Morgan fingerprint density at radius 1 is 0.802 bits per heavy atom. The number of nitrogens with zero attached hydrogens (tertiary/aromatic N) is 1. The van der Waals surface area contributed by atoms with Crippen LogP contribution in [0.2, 0.25) is 0 Å². The monoisotopic (exact) mass is 1140 g/mol. The van der Waals surface area contributed by atoms with Crippen molar-refractivity contribution in [3.63, 3.8) is 0 Å². The first kappa shape index (κ1) is 67.2. The molecule has 454 valence electrons. The van der Waals surface area contributed by atoms with Crippen molar-refractivity contribution in [3.05, 3.63) is 112 Å². The molecule has 1 aromatic rings. The summed E-state index contributed by atoms with van der Waals surface area (Å²) in [7, 11) is 7.22. The molecule has 4 saturated heterocycles. The number of ketones is 1. The van der Waals surface area contributed by atoms with Gasteiger partial charge in [-0.1, -0.05) is 101 Å². The number of carbonyl (C=O) groups excluding carboxylic acids is 2. The molecule has 4 fully saturated rings. The molecule has 81 heavy (non-hydrogen) atoms. The van der Waals surface area contributed by atoms with Crippen LogP contribution in [0.4, 0.5) is 0 Å². The molecule has 4 aliphatic rings. The van der Waals surface area contributed by atoms with Crippen LogP contribution in [0.3, 0.4) is 0 Å². The van der Waals surface area contributed by atoms with E-state index in [1.807, 2.05) is 20.8 Å². The second kappa shape index (κ2) is 29.8. The third kappa shape index (κ3) is 15.0. The van der Waals surface area contributed by atoms with E-state index >= 15 is 0 Å². The lowest BCUT2D eigenvalue weighted by Crippen LogP contribution is -2.71. The highest BCUT2D eigenvalue weighted by Gasteiger charge is 2.63. The van der Waals surface area contributed by atoms with E-state index in [2.05, 4.69) is 5.32 Å². The van der Waals surface area contributed by atoms with Crippen LogP contribution in [0.1, 0.15) is 79.1 Å². The van der Waals surface area contributed by atoms with Gasteiger partial charge in [0.2, 0.25) is 11.7 Å². The average Bonchev–Trinajstić information content (AvgIpc) is 3.72. The zero-order valence-electron chi connectivity index (χ0n) is 48.9. The molecule has 8 N–H and O–H groups in total. The first-order valence-corrected chi connectivity index (χ1v) is 27.4. The summed E-state index contributed by atoms with van der Waals surface area (Å²) >= 11 is 0. The summed E-state index contributed by atoms with van der Waals surface area (Å²) in [6.07, 6.45) is 1.89. The number of amides is 1. The Kier molecular flexibility index (Phi) is 24.7. The number of methoxy groups -OCH3 is 4. The Hall–Kier alpha value is -4.57. The number of carbonyl (C=O) groups is 2. The number of rotatable bonds is 24. The maximum Gasteiger partial charge on any atom is 0.265 e. The summed E-state index contributed by atoms with van der Waals surface area (Å²) in [6, 6.07) is 1.27. The number of hydrogen-bond donors (Lipinski definition) is 8. The minimum absolute atomic E-state index is 0.000641. The van der Waals surface area contributed by atoms with E-state index in [0.717, 1.165) is 5.57 Å². The van der Waals surface area contributed by atoms with Crippen LogP contribution in [0.25, 0.3) is 0 Å². The van der Waals surface area contributed by atoms with Gasteiger partial charge in [-0.15, -0.1) is 0 Å². The Bertz CT molecular complexity index is 2520. The highest BCUT2D eigenvalue weighted by atomic mass is 16.8. The number of hydrogen-bond acceptors (Lipinski definition) is 20. The smallest absolute Gasteiger partial charge is 0.265 e. The van der Waals surface area contributed by atoms with Crippen molar-refractivity contribution in [2.24, 2.45) is 24.3 Å². The summed E-state index contributed by atoms with van der Waals surface area (Å²) in [4.78, 5) is 39.4. The number of nitrogens with one attached hydrogen (secondary N) is 1. The van der Waals surface area contributed by atoms with Gasteiger partial charge in [0, 0.05) is 59.6 Å². The molecule has 21 atom stereocenters. The van der Waals surface area contributed by atoms with Gasteiger partial charge >= 0.3 is 0 Å². The van der Waals surface area contributed by atoms with Gasteiger partial charge in [0.05, 0.1) is 42.5 Å². The van der Waals surface area contributed by atoms with Crippen LogP contribution in [-0.4, -0.2) is 203 Å². The largest absolute Gasteiger partial charge is 0.507 e. The van der Waals surface area contributed by atoms with Crippen molar-refractivity contribution >= 4 is 11.7 Å². The summed E-state index contributed by atoms with van der Waals surface area (Å²) in [5.41, 5.74) is -1.14. The first-order valence-electron chi connectivity index (χ1n) is 27.4. The predicted octanol–water partition coefficient (Wildman–Crippen LogP) is 2.75. The Morgan fingerprint density at radius 2 is 1.44 bits per heavy atom. The highest BCUT2D eigenvalue weighted by Crippen LogP contribution is 2.47. The number of ether oxygens (including phenoxy) is 10. The molecule has 0 saturated carbocycles. The molecule has 22 heteroatoms. The molecule has 0 aromatic carbocycles. The molecular formula is C59H88N2O20. The van der Waals surface area contributed by atoms with Gasteiger partial charge in [0.15, 0.2) is 18.4 Å². The maximum absolute atomic E-state index is 14.1. The van der Waals surface area contributed by atoms with Crippen LogP contribution in [-0.2, 0) is 59.2 Å². The number of pyridine rings is 1.